The van der Waals surface area contributed by atoms with Crippen LogP contribution in [0.25, 0.3) is 5.69 Å². The zero-order chi connectivity index (χ0) is 23.7. The normalized spacial score (nSPS) is 17.5. The van der Waals surface area contributed by atoms with Crippen LogP contribution in [0, 0.1) is 6.92 Å². The van der Waals surface area contributed by atoms with Crippen LogP contribution >= 0.6 is 12.2 Å². The van der Waals surface area contributed by atoms with Gasteiger partial charge in [-0.3, -0.25) is 4.98 Å². The molecule has 0 aliphatic carbocycles. The van der Waals surface area contributed by atoms with Gasteiger partial charge in [0.05, 0.1) is 31.6 Å². The second-order valence-electron chi connectivity index (χ2n) is 8.10. The molecule has 1 fully saturated rings. The summed E-state index contributed by atoms with van der Waals surface area (Å²) in [7, 11) is 3.30. The second kappa shape index (κ2) is 9.19. The van der Waals surface area contributed by atoms with Crippen LogP contribution < -0.4 is 19.7 Å². The second-order valence-corrected chi connectivity index (χ2v) is 8.49. The van der Waals surface area contributed by atoms with Crippen LogP contribution in [0.3, 0.4) is 0 Å². The zero-order valence-corrected chi connectivity index (χ0v) is 20.1. The molecular formula is C27H26N4O2S. The van der Waals surface area contributed by atoms with Crippen LogP contribution in [0.4, 0.5) is 5.69 Å². The molecule has 1 saturated heterocycles. The molecule has 1 aliphatic rings. The summed E-state index contributed by atoms with van der Waals surface area (Å²) in [6.07, 6.45) is 1.81. The Labute approximate surface area is 204 Å². The predicted octanol–water partition coefficient (Wildman–Crippen LogP) is 5.38. The number of thiocarbonyl (C=S) groups is 1. The van der Waals surface area contributed by atoms with Gasteiger partial charge < -0.3 is 24.3 Å². The highest BCUT2D eigenvalue weighted by Gasteiger charge is 2.43. The minimum atomic E-state index is -0.168. The molecule has 2 aromatic carbocycles. The van der Waals surface area contributed by atoms with Gasteiger partial charge >= 0.3 is 0 Å². The molecule has 7 heteroatoms. The molecule has 6 nitrogen and oxygen atoms in total. The van der Waals surface area contributed by atoms with E-state index in [4.69, 9.17) is 21.7 Å². The summed E-state index contributed by atoms with van der Waals surface area (Å²) in [5.41, 5.74) is 5.12. The van der Waals surface area contributed by atoms with E-state index in [0.29, 0.717) is 10.9 Å². The highest BCUT2D eigenvalue weighted by Crippen LogP contribution is 2.46. The van der Waals surface area contributed by atoms with Crippen molar-refractivity contribution in [1.82, 2.24) is 14.9 Å². The maximum absolute atomic E-state index is 5.90. The standard InChI is InChI=1S/C27H26N4O2S/c1-18-12-14-23(30(18)19-9-5-4-6-10-19)26-25(21-11-7-8-16-28-21)29-27(34)31(26)22-15-13-20(32-2)17-24(22)33-3/h4-17,25-26H,1-3H3,(H,29,34)/t25-,26+/m0/s1. The van der Waals surface area contributed by atoms with E-state index >= 15 is 0 Å². The van der Waals surface area contributed by atoms with E-state index in [0.717, 1.165) is 34.2 Å². The van der Waals surface area contributed by atoms with Gasteiger partial charge in [-0.15, -0.1) is 0 Å². The number of hydrogen-bond acceptors (Lipinski definition) is 4. The van der Waals surface area contributed by atoms with Crippen LogP contribution in [-0.2, 0) is 0 Å². The minimum absolute atomic E-state index is 0.155. The van der Waals surface area contributed by atoms with E-state index in [1.165, 1.54) is 0 Å². The Bertz CT molecular complexity index is 1310. The van der Waals surface area contributed by atoms with Gasteiger partial charge in [0.1, 0.15) is 17.5 Å². The van der Waals surface area contributed by atoms with Crippen molar-refractivity contribution < 1.29 is 9.47 Å². The van der Waals surface area contributed by atoms with Gasteiger partial charge in [-0.1, -0.05) is 24.3 Å². The third kappa shape index (κ3) is 3.78. The van der Waals surface area contributed by atoms with Crippen LogP contribution in [0.1, 0.15) is 29.2 Å². The Balaban J connectivity index is 1.72. The summed E-state index contributed by atoms with van der Waals surface area (Å²) in [5.74, 6) is 1.41. The van der Waals surface area contributed by atoms with Crippen molar-refractivity contribution in [2.75, 3.05) is 19.1 Å². The first-order valence-electron chi connectivity index (χ1n) is 11.1. The molecule has 1 N–H and O–H groups in total. The first-order valence-corrected chi connectivity index (χ1v) is 11.5. The first kappa shape index (κ1) is 22.0. The number of ether oxygens (including phenoxy) is 2. The highest BCUT2D eigenvalue weighted by atomic mass is 32.1. The third-order valence-corrected chi connectivity index (χ3v) is 6.48. The van der Waals surface area contributed by atoms with E-state index in [-0.39, 0.29) is 12.1 Å². The maximum Gasteiger partial charge on any atom is 0.174 e. The number of aromatic nitrogens is 2. The number of nitrogens with one attached hydrogen (secondary N) is 1. The molecule has 0 radical (unpaired) electrons. The van der Waals surface area contributed by atoms with E-state index in [1.807, 2.05) is 48.7 Å². The Morgan fingerprint density at radius 3 is 2.41 bits per heavy atom. The number of hydrogen-bond donors (Lipinski definition) is 1. The summed E-state index contributed by atoms with van der Waals surface area (Å²) in [6, 6.07) is 26.1. The van der Waals surface area contributed by atoms with E-state index in [2.05, 4.69) is 63.1 Å². The topological polar surface area (TPSA) is 51.5 Å². The lowest BCUT2D eigenvalue weighted by Crippen LogP contribution is -2.30. The van der Waals surface area contributed by atoms with Crippen molar-refractivity contribution in [3.05, 3.63) is 102 Å². The third-order valence-electron chi connectivity index (χ3n) is 6.17. The van der Waals surface area contributed by atoms with Crippen LogP contribution in [0.15, 0.2) is 85.1 Å². The summed E-state index contributed by atoms with van der Waals surface area (Å²) >= 11 is 5.90. The lowest BCUT2D eigenvalue weighted by atomic mass is 10.0. The fraction of sp³-hybridized carbons (Fsp3) is 0.185. The number of methoxy groups -OCH3 is 2. The molecule has 0 amide bonds. The molecule has 4 aromatic rings. The SMILES string of the molecule is COc1ccc(N2C(=S)N[C@@H](c3ccccn3)[C@H]2c2ccc(C)n2-c2ccccc2)c(OC)c1. The Hall–Kier alpha value is -3.84. The van der Waals surface area contributed by atoms with Crippen molar-refractivity contribution in [2.45, 2.75) is 19.0 Å². The molecule has 0 spiro atoms. The monoisotopic (exact) mass is 470 g/mol. The molecular weight excluding hydrogens is 444 g/mol. The molecule has 34 heavy (non-hydrogen) atoms. The number of nitrogens with zero attached hydrogens (tertiary/aromatic N) is 3. The lowest BCUT2D eigenvalue weighted by molar-refractivity contribution is 0.394. The molecule has 2 atom stereocenters. The first-order chi connectivity index (χ1) is 16.6. The van der Waals surface area contributed by atoms with Crippen molar-refractivity contribution in [1.29, 1.82) is 0 Å². The van der Waals surface area contributed by atoms with Gasteiger partial charge in [0, 0.05) is 29.3 Å². The van der Waals surface area contributed by atoms with Gasteiger partial charge in [0.25, 0.3) is 0 Å². The molecule has 0 saturated carbocycles. The Kier molecular flexibility index (Phi) is 5.94. The van der Waals surface area contributed by atoms with Gasteiger partial charge in [-0.2, -0.15) is 0 Å². The maximum atomic E-state index is 5.90. The zero-order valence-electron chi connectivity index (χ0n) is 19.3. The number of benzene rings is 2. The largest absolute Gasteiger partial charge is 0.497 e. The number of pyridine rings is 1. The van der Waals surface area contributed by atoms with Crippen LogP contribution in [0.2, 0.25) is 0 Å². The van der Waals surface area contributed by atoms with Crippen LogP contribution in [-0.4, -0.2) is 28.9 Å². The van der Waals surface area contributed by atoms with E-state index in [1.54, 1.807) is 14.2 Å². The van der Waals surface area contributed by atoms with E-state index < -0.39 is 0 Å². The average Bonchev–Trinajstić information content (AvgIpc) is 3.43. The summed E-state index contributed by atoms with van der Waals surface area (Å²) in [6.45, 7) is 2.12. The number of anilines is 1. The number of rotatable bonds is 6. The van der Waals surface area contributed by atoms with Crippen molar-refractivity contribution in [2.24, 2.45) is 0 Å². The lowest BCUT2D eigenvalue weighted by Gasteiger charge is -2.30. The van der Waals surface area contributed by atoms with Gasteiger partial charge in [0.15, 0.2) is 5.11 Å². The van der Waals surface area contributed by atoms with Gasteiger partial charge in [-0.05, 0) is 67.7 Å². The molecule has 172 valence electrons. The predicted molar refractivity (Wildman–Crippen MR) is 138 cm³/mol. The van der Waals surface area contributed by atoms with Crippen LogP contribution in [0.5, 0.6) is 11.5 Å². The molecule has 1 aliphatic heterocycles. The quantitative estimate of drug-likeness (QED) is 0.382. The average molecular weight is 471 g/mol. The fourth-order valence-corrected chi connectivity index (χ4v) is 4.96. The van der Waals surface area contributed by atoms with Crippen molar-refractivity contribution in [3.63, 3.8) is 0 Å². The Morgan fingerprint density at radius 2 is 1.71 bits per heavy atom. The highest BCUT2D eigenvalue weighted by molar-refractivity contribution is 7.80. The molecule has 2 aromatic heterocycles. The van der Waals surface area contributed by atoms with Gasteiger partial charge in [-0.25, -0.2) is 0 Å². The summed E-state index contributed by atoms with van der Waals surface area (Å²) in [5, 5.41) is 4.14. The minimum Gasteiger partial charge on any atom is -0.497 e. The molecule has 5 rings (SSSR count). The van der Waals surface area contributed by atoms with Crippen molar-refractivity contribution in [3.8, 4) is 17.2 Å². The molecule has 0 unspecified atom stereocenters. The molecule has 3 heterocycles. The Morgan fingerprint density at radius 1 is 0.912 bits per heavy atom. The van der Waals surface area contributed by atoms with E-state index in [9.17, 15) is 0 Å². The number of para-hydroxylation sites is 1. The summed E-state index contributed by atoms with van der Waals surface area (Å²) < 4.78 is 13.5. The van der Waals surface area contributed by atoms with Gasteiger partial charge in [0.2, 0.25) is 0 Å². The fourth-order valence-electron chi connectivity index (χ4n) is 4.62. The smallest absolute Gasteiger partial charge is 0.174 e. The molecule has 0 bridgehead atoms. The van der Waals surface area contributed by atoms with Crippen molar-refractivity contribution >= 4 is 23.0 Å². The number of aryl methyl sites for hydroxylation is 1. The summed E-state index contributed by atoms with van der Waals surface area (Å²) in [4.78, 5) is 6.80.